The molecule has 0 aromatic heterocycles. The van der Waals surface area contributed by atoms with E-state index in [0.717, 1.165) is 31.2 Å². The Bertz CT molecular complexity index is 547. The van der Waals surface area contributed by atoms with Gasteiger partial charge in [0, 0.05) is 0 Å². The first kappa shape index (κ1) is 20.9. The van der Waals surface area contributed by atoms with Crippen molar-refractivity contribution in [3.63, 3.8) is 0 Å². The number of allylic oxidation sites excluding steroid dienone is 1. The highest BCUT2D eigenvalue weighted by Gasteiger charge is 2.14. The van der Waals surface area contributed by atoms with Crippen LogP contribution in [0.2, 0.25) is 0 Å². The first-order valence-electron chi connectivity index (χ1n) is 9.13. The summed E-state index contributed by atoms with van der Waals surface area (Å²) in [5.41, 5.74) is 1.04. The summed E-state index contributed by atoms with van der Waals surface area (Å²) < 4.78 is 29.1. The van der Waals surface area contributed by atoms with Crippen LogP contribution in [0.1, 0.15) is 69.8 Å². The van der Waals surface area contributed by atoms with Crippen molar-refractivity contribution in [2.24, 2.45) is 0 Å². The second-order valence-electron chi connectivity index (χ2n) is 6.35. The lowest BCUT2D eigenvalue weighted by atomic mass is 10.1. The Labute approximate surface area is 148 Å². The predicted molar refractivity (Wildman–Crippen MR) is 101 cm³/mol. The maximum Gasteiger partial charge on any atom is 0.296 e. The molecule has 0 atom stereocenters. The molecule has 0 N–H and O–H groups in total. The largest absolute Gasteiger partial charge is 0.296 e. The van der Waals surface area contributed by atoms with Gasteiger partial charge in [0.1, 0.15) is 0 Å². The highest BCUT2D eigenvalue weighted by atomic mass is 32.2. The van der Waals surface area contributed by atoms with E-state index in [1.807, 2.05) is 13.0 Å². The number of benzene rings is 1. The van der Waals surface area contributed by atoms with Gasteiger partial charge < -0.3 is 0 Å². The van der Waals surface area contributed by atoms with Crippen LogP contribution < -0.4 is 0 Å². The Hall–Kier alpha value is -1.13. The van der Waals surface area contributed by atoms with Gasteiger partial charge in [-0.05, 0) is 38.3 Å². The van der Waals surface area contributed by atoms with Crippen molar-refractivity contribution in [3.8, 4) is 0 Å². The summed E-state index contributed by atoms with van der Waals surface area (Å²) in [4.78, 5) is 0.240. The van der Waals surface area contributed by atoms with Gasteiger partial charge in [-0.3, -0.25) is 4.18 Å². The molecule has 0 spiro atoms. The van der Waals surface area contributed by atoms with Gasteiger partial charge in [-0.25, -0.2) is 0 Å². The Morgan fingerprint density at radius 2 is 1.38 bits per heavy atom. The van der Waals surface area contributed by atoms with Crippen LogP contribution in [0.5, 0.6) is 0 Å². The van der Waals surface area contributed by atoms with Crippen LogP contribution in [-0.2, 0) is 14.3 Å². The van der Waals surface area contributed by atoms with Crippen LogP contribution in [0.3, 0.4) is 0 Å². The van der Waals surface area contributed by atoms with Crippen LogP contribution in [0, 0.1) is 6.92 Å². The molecule has 24 heavy (non-hydrogen) atoms. The lowest BCUT2D eigenvalue weighted by Crippen LogP contribution is -2.07. The molecule has 0 aliphatic carbocycles. The maximum absolute atomic E-state index is 12.0. The van der Waals surface area contributed by atoms with E-state index in [-0.39, 0.29) is 11.5 Å². The molecular formula is C20H32O3S. The predicted octanol–water partition coefficient (Wildman–Crippen LogP) is 5.79. The summed E-state index contributed by atoms with van der Waals surface area (Å²) >= 11 is 0. The van der Waals surface area contributed by atoms with Crippen molar-refractivity contribution >= 4 is 10.1 Å². The van der Waals surface area contributed by atoms with Crippen molar-refractivity contribution in [2.45, 2.75) is 76.0 Å². The Kier molecular flexibility index (Phi) is 10.7. The van der Waals surface area contributed by atoms with Crippen LogP contribution in [0.25, 0.3) is 0 Å². The van der Waals surface area contributed by atoms with E-state index in [1.165, 1.54) is 38.5 Å². The summed E-state index contributed by atoms with van der Waals surface area (Å²) in [5, 5.41) is 0. The van der Waals surface area contributed by atoms with E-state index >= 15 is 0 Å². The molecule has 0 saturated heterocycles. The average Bonchev–Trinajstić information content (AvgIpc) is 2.56. The van der Waals surface area contributed by atoms with Crippen LogP contribution in [0.15, 0.2) is 41.8 Å². The molecule has 0 heterocycles. The summed E-state index contributed by atoms with van der Waals surface area (Å²) in [6, 6.07) is 6.76. The SMILES string of the molecule is C=CCCCCCCCCCCCOS(=O)(=O)c1ccc(C)cc1. The molecule has 0 aliphatic rings. The van der Waals surface area contributed by atoms with Gasteiger partial charge in [-0.15, -0.1) is 6.58 Å². The van der Waals surface area contributed by atoms with Gasteiger partial charge in [0.15, 0.2) is 0 Å². The van der Waals surface area contributed by atoms with Crippen LogP contribution >= 0.6 is 0 Å². The monoisotopic (exact) mass is 352 g/mol. The molecule has 0 bridgehead atoms. The fourth-order valence-corrected chi connectivity index (χ4v) is 3.51. The molecule has 0 aliphatic heterocycles. The number of hydrogen-bond donors (Lipinski definition) is 0. The standard InChI is InChI=1S/C20H32O3S/c1-3-4-5-6-7-8-9-10-11-12-13-18-23-24(21,22)20-16-14-19(2)15-17-20/h3,14-17H,1,4-13,18H2,2H3. The third-order valence-corrected chi connectivity index (χ3v) is 5.43. The van der Waals surface area contributed by atoms with Gasteiger partial charge in [0.25, 0.3) is 10.1 Å². The third kappa shape index (κ3) is 9.24. The van der Waals surface area contributed by atoms with Crippen LogP contribution in [-0.4, -0.2) is 15.0 Å². The smallest absolute Gasteiger partial charge is 0.266 e. The summed E-state index contributed by atoms with van der Waals surface area (Å²) in [5.74, 6) is 0. The Balaban J connectivity index is 2.02. The normalized spacial score (nSPS) is 11.5. The van der Waals surface area contributed by atoms with Gasteiger partial charge >= 0.3 is 0 Å². The second kappa shape index (κ2) is 12.3. The van der Waals surface area contributed by atoms with E-state index in [0.29, 0.717) is 0 Å². The van der Waals surface area contributed by atoms with Gasteiger partial charge in [-0.1, -0.05) is 68.7 Å². The fourth-order valence-electron chi connectivity index (χ4n) is 2.57. The molecule has 136 valence electrons. The zero-order chi connectivity index (χ0) is 17.7. The van der Waals surface area contributed by atoms with Gasteiger partial charge in [-0.2, -0.15) is 8.42 Å². The summed E-state index contributed by atoms with van der Waals surface area (Å²) in [6.07, 6.45) is 13.8. The first-order valence-corrected chi connectivity index (χ1v) is 10.5. The molecule has 3 nitrogen and oxygen atoms in total. The minimum atomic E-state index is -3.60. The maximum atomic E-state index is 12.0. The third-order valence-electron chi connectivity index (χ3n) is 4.10. The summed E-state index contributed by atoms with van der Waals surface area (Å²) in [6.45, 7) is 5.94. The van der Waals surface area contributed by atoms with E-state index in [1.54, 1.807) is 24.3 Å². The second-order valence-corrected chi connectivity index (χ2v) is 7.96. The van der Waals surface area contributed by atoms with E-state index in [4.69, 9.17) is 4.18 Å². The number of unbranched alkanes of at least 4 members (excludes halogenated alkanes) is 9. The van der Waals surface area contributed by atoms with E-state index < -0.39 is 10.1 Å². The lowest BCUT2D eigenvalue weighted by Gasteiger charge is -2.06. The van der Waals surface area contributed by atoms with Gasteiger partial charge in [0.2, 0.25) is 0 Å². The molecule has 1 aromatic rings. The molecule has 0 amide bonds. The molecule has 1 rings (SSSR count). The quantitative estimate of drug-likeness (QED) is 0.242. The minimum absolute atomic E-state index is 0.240. The molecule has 0 fully saturated rings. The molecule has 0 radical (unpaired) electrons. The van der Waals surface area contributed by atoms with Crippen LogP contribution in [0.4, 0.5) is 0 Å². The zero-order valence-electron chi connectivity index (χ0n) is 15.0. The van der Waals surface area contributed by atoms with E-state index in [9.17, 15) is 8.42 Å². The van der Waals surface area contributed by atoms with Crippen molar-refractivity contribution < 1.29 is 12.6 Å². The number of aryl methyl sites for hydroxylation is 1. The number of hydrogen-bond acceptors (Lipinski definition) is 3. The first-order chi connectivity index (χ1) is 11.6. The minimum Gasteiger partial charge on any atom is -0.266 e. The van der Waals surface area contributed by atoms with Crippen molar-refractivity contribution in [2.75, 3.05) is 6.61 Å². The lowest BCUT2D eigenvalue weighted by molar-refractivity contribution is 0.306. The van der Waals surface area contributed by atoms with E-state index in [2.05, 4.69) is 6.58 Å². The molecule has 0 saturated carbocycles. The highest BCUT2D eigenvalue weighted by Crippen LogP contribution is 2.15. The molecule has 4 heteroatoms. The highest BCUT2D eigenvalue weighted by molar-refractivity contribution is 7.86. The Morgan fingerprint density at radius 3 is 1.92 bits per heavy atom. The molecule has 1 aromatic carbocycles. The fraction of sp³-hybridized carbons (Fsp3) is 0.600. The zero-order valence-corrected chi connectivity index (χ0v) is 15.8. The van der Waals surface area contributed by atoms with Crippen molar-refractivity contribution in [1.82, 2.24) is 0 Å². The van der Waals surface area contributed by atoms with Crippen molar-refractivity contribution in [1.29, 1.82) is 0 Å². The van der Waals surface area contributed by atoms with Crippen molar-refractivity contribution in [3.05, 3.63) is 42.5 Å². The molecular weight excluding hydrogens is 320 g/mol. The topological polar surface area (TPSA) is 43.4 Å². The molecule has 0 unspecified atom stereocenters. The average molecular weight is 353 g/mol. The van der Waals surface area contributed by atoms with Gasteiger partial charge in [0.05, 0.1) is 11.5 Å². The number of rotatable bonds is 14. The summed E-state index contributed by atoms with van der Waals surface area (Å²) in [7, 11) is -3.60. The Morgan fingerprint density at radius 1 is 0.875 bits per heavy atom.